The molecule has 0 bridgehead atoms. The van der Waals surface area contributed by atoms with Crippen LogP contribution in [0.1, 0.15) is 92.2 Å². The average molecular weight is 789 g/mol. The van der Waals surface area contributed by atoms with E-state index < -0.39 is 12.0 Å². The third-order valence-electron chi connectivity index (χ3n) is 4.98. The molecule has 1 amide bonds. The zero-order chi connectivity index (χ0) is 30.4. The summed E-state index contributed by atoms with van der Waals surface area (Å²) in [5.41, 5.74) is 4.20. The third kappa shape index (κ3) is 24.1. The molecule has 1 aromatic carbocycles. The molecule has 0 radical (unpaired) electrons. The number of piperazine rings is 1. The van der Waals surface area contributed by atoms with Crippen molar-refractivity contribution in [3.8, 4) is 0 Å². The minimum atomic E-state index is -1.58. The molecular weight excluding hydrogens is 736 g/mol. The molecule has 40 heavy (non-hydrogen) atoms. The standard InChI is InChI=1S/C19H32N2O3.C8H9.C3H8.C2H3F2.U/c1-6-8-16(9-14-22)15-17(7-2)20-10-12-21(13-11-20)18(23)24-19(3,4)5;1-7-3-5-8(2)6-4-7;1-3-2;1-2(3)4;/h7,14-15H,6,8-13H2,1-5H3;3-6H,1H2,2H3;3H2,1-2H3;1H3;/q;-1;;-1;+2/b16-15+,17-7+;;;;. The number of allylic oxidation sites excluding steroid dienone is 3. The molecule has 226 valence electrons. The van der Waals surface area contributed by atoms with Gasteiger partial charge in [0.2, 0.25) is 0 Å². The zero-order valence-corrected chi connectivity index (χ0v) is 30.4. The van der Waals surface area contributed by atoms with Gasteiger partial charge in [0.25, 0.3) is 0 Å². The Balaban J connectivity index is -0.000000698. The summed E-state index contributed by atoms with van der Waals surface area (Å²) in [6.07, 6.45) is 7.05. The summed E-state index contributed by atoms with van der Waals surface area (Å²) < 4.78 is 25.9. The number of aldehydes is 1. The van der Waals surface area contributed by atoms with Crippen LogP contribution in [0, 0.1) is 51.4 Å². The smallest absolute Gasteiger partial charge is 0.444 e. The Labute approximate surface area is 267 Å². The van der Waals surface area contributed by atoms with Crippen LogP contribution in [0.5, 0.6) is 0 Å². The molecule has 8 heteroatoms. The van der Waals surface area contributed by atoms with E-state index in [2.05, 4.69) is 63.8 Å². The first-order valence-electron chi connectivity index (χ1n) is 13.8. The fourth-order valence-corrected chi connectivity index (χ4v) is 3.29. The second-order valence-corrected chi connectivity index (χ2v) is 10.2. The van der Waals surface area contributed by atoms with E-state index in [4.69, 9.17) is 4.74 Å². The van der Waals surface area contributed by atoms with Gasteiger partial charge in [-0.1, -0.05) is 50.8 Å². The van der Waals surface area contributed by atoms with Crippen molar-refractivity contribution in [2.75, 3.05) is 26.2 Å². The van der Waals surface area contributed by atoms with E-state index in [0.29, 0.717) is 19.5 Å². The number of aryl methyl sites for hydroxylation is 1. The van der Waals surface area contributed by atoms with Crippen LogP contribution in [0.4, 0.5) is 13.6 Å². The molecule has 1 aliphatic rings. The van der Waals surface area contributed by atoms with Crippen LogP contribution in [0.15, 0.2) is 47.7 Å². The van der Waals surface area contributed by atoms with Gasteiger partial charge in [-0.2, -0.15) is 24.6 Å². The van der Waals surface area contributed by atoms with E-state index in [1.54, 1.807) is 4.90 Å². The van der Waals surface area contributed by atoms with Crippen LogP contribution in [0.25, 0.3) is 0 Å². The minimum absolute atomic E-state index is 0. The minimum Gasteiger partial charge on any atom is -0.444 e. The normalized spacial score (nSPS) is 13.4. The third-order valence-corrected chi connectivity index (χ3v) is 4.98. The maximum absolute atomic E-state index is 12.1. The molecule has 1 fully saturated rings. The summed E-state index contributed by atoms with van der Waals surface area (Å²) in [6.45, 7) is 23.4. The van der Waals surface area contributed by atoms with Crippen LogP contribution in [0.2, 0.25) is 0 Å². The number of halogens is 2. The molecular formula is C32H52F2N2O3U. The van der Waals surface area contributed by atoms with Gasteiger partial charge in [-0.15, -0.1) is 19.1 Å². The van der Waals surface area contributed by atoms with E-state index in [1.807, 2.05) is 39.8 Å². The van der Waals surface area contributed by atoms with Crippen molar-refractivity contribution in [2.24, 2.45) is 0 Å². The number of carbonyl (C=O) groups excluding carboxylic acids is 2. The Bertz CT molecular complexity index is 819. The van der Waals surface area contributed by atoms with Gasteiger partial charge < -0.3 is 28.1 Å². The zero-order valence-electron chi connectivity index (χ0n) is 26.3. The Kier molecular flexibility index (Phi) is 26.6. The predicted octanol–water partition coefficient (Wildman–Crippen LogP) is 8.79. The molecule has 0 unspecified atom stereocenters. The molecule has 1 heterocycles. The first-order valence-corrected chi connectivity index (χ1v) is 13.8. The Morgan fingerprint density at radius 1 is 1.05 bits per heavy atom. The first-order chi connectivity index (χ1) is 18.2. The molecule has 0 saturated carbocycles. The van der Waals surface area contributed by atoms with E-state index >= 15 is 0 Å². The molecule has 1 aliphatic heterocycles. The Morgan fingerprint density at radius 3 is 1.85 bits per heavy atom. The summed E-state index contributed by atoms with van der Waals surface area (Å²) in [5, 5.41) is 0. The molecule has 5 nitrogen and oxygen atoms in total. The van der Waals surface area contributed by atoms with E-state index in [1.165, 1.54) is 12.0 Å². The van der Waals surface area contributed by atoms with Crippen molar-refractivity contribution in [2.45, 2.75) is 93.6 Å². The van der Waals surface area contributed by atoms with Gasteiger partial charge in [-0.25, -0.2) is 4.79 Å². The number of amides is 1. The van der Waals surface area contributed by atoms with Crippen LogP contribution >= 0.6 is 0 Å². The van der Waals surface area contributed by atoms with Crippen LogP contribution in [-0.4, -0.2) is 54.0 Å². The summed E-state index contributed by atoms with van der Waals surface area (Å²) >= 11 is 0. The quantitative estimate of drug-likeness (QED) is 0.164. The van der Waals surface area contributed by atoms with Crippen molar-refractivity contribution in [3.05, 3.63) is 72.2 Å². The maximum Gasteiger partial charge on any atom is 2.00 e. The van der Waals surface area contributed by atoms with Gasteiger partial charge in [0, 0.05) is 38.3 Å². The second kappa shape index (κ2) is 25.0. The molecule has 1 saturated heterocycles. The topological polar surface area (TPSA) is 49.9 Å². The molecule has 0 spiro atoms. The number of ether oxygens (including phenoxy) is 1. The van der Waals surface area contributed by atoms with Crippen molar-refractivity contribution in [1.29, 1.82) is 0 Å². The summed E-state index contributed by atoms with van der Waals surface area (Å²) in [4.78, 5) is 27.0. The molecule has 0 aromatic heterocycles. The van der Waals surface area contributed by atoms with E-state index in [0.717, 1.165) is 56.0 Å². The molecule has 0 atom stereocenters. The summed E-state index contributed by atoms with van der Waals surface area (Å²) in [5.74, 6) is 0. The van der Waals surface area contributed by atoms with Crippen molar-refractivity contribution < 1.29 is 54.2 Å². The average Bonchev–Trinajstić information content (AvgIpc) is 2.84. The molecule has 1 aromatic rings. The number of hydrogen-bond donors (Lipinski definition) is 0. The number of hydrogen-bond acceptors (Lipinski definition) is 4. The number of nitrogens with zero attached hydrogens (tertiary/aromatic N) is 2. The summed E-state index contributed by atoms with van der Waals surface area (Å²) in [6, 6.07) is 8.13. The number of rotatable bonds is 6. The SMILES string of the molecule is C/C=C(\C=C(\CC=O)CCC)N1CCN(C(=O)OC(C)(C)C)CC1.CCC.C[C-](F)F.[CH2-]c1ccc(C)cc1.[U+2]. The van der Waals surface area contributed by atoms with Gasteiger partial charge in [-0.05, 0) is 53.5 Å². The monoisotopic (exact) mass is 788 g/mol. The number of benzene rings is 1. The fraction of sp³-hybridized carbons (Fsp3) is 0.562. The van der Waals surface area contributed by atoms with Crippen molar-refractivity contribution >= 4 is 12.4 Å². The summed E-state index contributed by atoms with van der Waals surface area (Å²) in [7, 11) is 0. The van der Waals surface area contributed by atoms with Gasteiger partial charge >= 0.3 is 37.2 Å². The van der Waals surface area contributed by atoms with Gasteiger partial charge in [-0.3, -0.25) is 0 Å². The van der Waals surface area contributed by atoms with E-state index in [-0.39, 0.29) is 37.2 Å². The maximum atomic E-state index is 12.1. The van der Waals surface area contributed by atoms with Gasteiger partial charge in [0.05, 0.1) is 0 Å². The van der Waals surface area contributed by atoms with Gasteiger partial charge in [0.15, 0.2) is 0 Å². The predicted molar refractivity (Wildman–Crippen MR) is 160 cm³/mol. The largest absolute Gasteiger partial charge is 2.00 e. The Morgan fingerprint density at radius 2 is 1.50 bits per heavy atom. The van der Waals surface area contributed by atoms with Crippen molar-refractivity contribution in [1.82, 2.24) is 9.80 Å². The van der Waals surface area contributed by atoms with Crippen LogP contribution < -0.4 is 0 Å². The molecule has 0 aliphatic carbocycles. The molecule has 0 N–H and O–H groups in total. The fourth-order valence-electron chi connectivity index (χ4n) is 3.29. The van der Waals surface area contributed by atoms with Gasteiger partial charge in [0.1, 0.15) is 11.9 Å². The second-order valence-electron chi connectivity index (χ2n) is 10.2. The first kappa shape index (κ1) is 42.7. The molecule has 2 rings (SSSR count). The van der Waals surface area contributed by atoms with E-state index in [9.17, 15) is 18.4 Å². The number of carbonyl (C=O) groups is 2. The van der Waals surface area contributed by atoms with Crippen LogP contribution in [-0.2, 0) is 9.53 Å². The Hall–Kier alpha value is -1.78. The van der Waals surface area contributed by atoms with Crippen LogP contribution in [0.3, 0.4) is 0 Å². The van der Waals surface area contributed by atoms with Crippen molar-refractivity contribution in [3.63, 3.8) is 0 Å².